The fraction of sp³-hybridized carbons (Fsp3) is 0.619. The second-order valence-corrected chi connectivity index (χ2v) is 7.80. The van der Waals surface area contributed by atoms with E-state index in [1.54, 1.807) is 25.1 Å². The van der Waals surface area contributed by atoms with E-state index in [0.29, 0.717) is 11.1 Å². The molecule has 4 nitrogen and oxygen atoms in total. The van der Waals surface area contributed by atoms with E-state index in [-0.39, 0.29) is 5.56 Å². The molecule has 1 rings (SSSR count). The molecular formula is C21H32O4. The zero-order valence-corrected chi connectivity index (χ0v) is 16.7. The van der Waals surface area contributed by atoms with Crippen molar-refractivity contribution in [3.63, 3.8) is 0 Å². The van der Waals surface area contributed by atoms with Crippen LogP contribution < -0.4 is 0 Å². The molecule has 0 aliphatic rings. The summed E-state index contributed by atoms with van der Waals surface area (Å²) in [5.74, 6) is -0.959. The number of hydrogen-bond donors (Lipinski definition) is 0. The normalized spacial score (nSPS) is 12.0. The molecule has 0 aliphatic carbocycles. The van der Waals surface area contributed by atoms with Crippen LogP contribution in [0.2, 0.25) is 0 Å². The molecule has 1 aromatic rings. The fourth-order valence-corrected chi connectivity index (χ4v) is 3.02. The number of rotatable bonds is 8. The average Bonchev–Trinajstić information content (AvgIpc) is 2.45. The van der Waals surface area contributed by atoms with Gasteiger partial charge in [-0.05, 0) is 59.1 Å². The minimum atomic E-state index is -0.573. The summed E-state index contributed by atoms with van der Waals surface area (Å²) < 4.78 is 11.3. The van der Waals surface area contributed by atoms with Gasteiger partial charge < -0.3 is 9.47 Å². The van der Waals surface area contributed by atoms with Crippen LogP contribution in [0.25, 0.3) is 0 Å². The molecule has 0 N–H and O–H groups in total. The Kier molecular flexibility index (Phi) is 7.21. The summed E-state index contributed by atoms with van der Waals surface area (Å²) in [6.07, 6.45) is 3.34. The largest absolute Gasteiger partial charge is 0.456 e. The predicted molar refractivity (Wildman–Crippen MR) is 100.0 cm³/mol. The summed E-state index contributed by atoms with van der Waals surface area (Å²) in [7, 11) is 0. The van der Waals surface area contributed by atoms with Crippen molar-refractivity contribution in [2.75, 3.05) is 0 Å². The molecule has 0 aliphatic heterocycles. The van der Waals surface area contributed by atoms with Gasteiger partial charge in [0.2, 0.25) is 0 Å². The second-order valence-electron chi connectivity index (χ2n) is 7.80. The third-order valence-corrected chi connectivity index (χ3v) is 4.14. The summed E-state index contributed by atoms with van der Waals surface area (Å²) in [6.45, 7) is 13.4. The van der Waals surface area contributed by atoms with Crippen molar-refractivity contribution in [1.29, 1.82) is 0 Å². The summed E-state index contributed by atoms with van der Waals surface area (Å²) in [5, 5.41) is 0. The van der Waals surface area contributed by atoms with Crippen LogP contribution >= 0.6 is 0 Å². The molecule has 0 saturated carbocycles. The molecule has 0 amide bonds. The lowest BCUT2D eigenvalue weighted by Gasteiger charge is -2.27. The molecule has 1 aromatic carbocycles. The first-order valence-electron chi connectivity index (χ1n) is 9.09. The van der Waals surface area contributed by atoms with Gasteiger partial charge in [0.05, 0.1) is 11.1 Å². The predicted octanol–water partition coefficient (Wildman–Crippen LogP) is 5.47. The first-order valence-corrected chi connectivity index (χ1v) is 9.09. The van der Waals surface area contributed by atoms with Gasteiger partial charge in [-0.2, -0.15) is 0 Å². The summed E-state index contributed by atoms with van der Waals surface area (Å²) >= 11 is 0. The Hall–Kier alpha value is -1.84. The van der Waals surface area contributed by atoms with Crippen LogP contribution in [0.3, 0.4) is 0 Å². The van der Waals surface area contributed by atoms with Crippen LogP contribution in [-0.4, -0.2) is 23.1 Å². The van der Waals surface area contributed by atoms with Gasteiger partial charge in [-0.25, -0.2) is 9.59 Å². The van der Waals surface area contributed by atoms with Gasteiger partial charge in [0.1, 0.15) is 11.2 Å². The van der Waals surface area contributed by atoms with E-state index in [0.717, 1.165) is 25.7 Å². The lowest BCUT2D eigenvalue weighted by molar-refractivity contribution is -0.00961. The highest BCUT2D eigenvalue weighted by Gasteiger charge is 2.30. The molecule has 0 spiro atoms. The summed E-state index contributed by atoms with van der Waals surface area (Å²) in [6, 6.07) is 5.19. The Morgan fingerprint density at radius 1 is 0.880 bits per heavy atom. The Morgan fingerprint density at radius 2 is 1.36 bits per heavy atom. The maximum atomic E-state index is 12.7. The molecule has 4 heteroatoms. The summed E-state index contributed by atoms with van der Waals surface area (Å²) in [5.41, 5.74) is 0.125. The highest BCUT2D eigenvalue weighted by molar-refractivity contribution is 6.04. The van der Waals surface area contributed by atoms with Gasteiger partial charge in [0, 0.05) is 0 Å². The number of carbonyl (C=O) groups is 2. The number of hydrogen-bond acceptors (Lipinski definition) is 4. The van der Waals surface area contributed by atoms with Crippen LogP contribution in [0.1, 0.15) is 93.5 Å². The minimum absolute atomic E-state index is 0.265. The molecule has 0 bridgehead atoms. The molecule has 0 aromatic heterocycles. The van der Waals surface area contributed by atoms with E-state index in [1.807, 2.05) is 41.5 Å². The third kappa shape index (κ3) is 6.18. The highest BCUT2D eigenvalue weighted by Crippen LogP contribution is 2.25. The van der Waals surface area contributed by atoms with E-state index in [1.165, 1.54) is 0 Å². The van der Waals surface area contributed by atoms with Crippen LogP contribution in [0, 0.1) is 6.92 Å². The van der Waals surface area contributed by atoms with Crippen molar-refractivity contribution < 1.29 is 19.1 Å². The molecule has 140 valence electrons. The third-order valence-electron chi connectivity index (χ3n) is 4.14. The number of ether oxygens (including phenoxy) is 2. The fourth-order valence-electron chi connectivity index (χ4n) is 3.02. The lowest BCUT2D eigenvalue weighted by atomic mass is 9.99. The Bertz CT molecular complexity index is 614. The maximum Gasteiger partial charge on any atom is 0.339 e. The van der Waals surface area contributed by atoms with Crippen molar-refractivity contribution in [2.45, 2.75) is 85.4 Å². The van der Waals surface area contributed by atoms with Crippen molar-refractivity contribution in [1.82, 2.24) is 0 Å². The van der Waals surface area contributed by atoms with Crippen LogP contribution in [0.5, 0.6) is 0 Å². The Morgan fingerprint density at radius 3 is 1.84 bits per heavy atom. The van der Waals surface area contributed by atoms with Crippen LogP contribution in [-0.2, 0) is 9.47 Å². The molecule has 0 heterocycles. The Balaban J connectivity index is 3.13. The van der Waals surface area contributed by atoms with Crippen molar-refractivity contribution in [2.24, 2.45) is 0 Å². The van der Waals surface area contributed by atoms with Crippen molar-refractivity contribution in [3.05, 3.63) is 34.9 Å². The van der Waals surface area contributed by atoms with E-state index in [2.05, 4.69) is 0 Å². The van der Waals surface area contributed by atoms with Crippen LogP contribution in [0.15, 0.2) is 18.2 Å². The standard InChI is InChI=1S/C21H32O4/c1-8-13-20(4,5)24-18(22)16-12-10-11-15(3)17(16)19(23)25-21(6,7)14-9-2/h10-12H,8-9,13-14H2,1-7H3. The average molecular weight is 348 g/mol. The van der Waals surface area contributed by atoms with E-state index in [9.17, 15) is 9.59 Å². The maximum absolute atomic E-state index is 12.7. The van der Waals surface area contributed by atoms with Gasteiger partial charge in [-0.15, -0.1) is 0 Å². The second kappa shape index (κ2) is 8.50. The quantitative estimate of drug-likeness (QED) is 0.585. The first-order chi connectivity index (χ1) is 11.5. The van der Waals surface area contributed by atoms with Crippen molar-refractivity contribution >= 4 is 11.9 Å². The molecule has 25 heavy (non-hydrogen) atoms. The molecular weight excluding hydrogens is 316 g/mol. The van der Waals surface area contributed by atoms with Gasteiger partial charge >= 0.3 is 11.9 Å². The molecule has 0 unspecified atom stereocenters. The smallest absolute Gasteiger partial charge is 0.339 e. The number of aryl methyl sites for hydroxylation is 1. The number of benzene rings is 1. The van der Waals surface area contributed by atoms with E-state index < -0.39 is 23.1 Å². The van der Waals surface area contributed by atoms with E-state index in [4.69, 9.17) is 9.47 Å². The zero-order valence-electron chi connectivity index (χ0n) is 16.7. The Labute approximate surface area is 151 Å². The first kappa shape index (κ1) is 21.2. The van der Waals surface area contributed by atoms with Gasteiger partial charge in [0.25, 0.3) is 0 Å². The lowest BCUT2D eigenvalue weighted by Crippen LogP contribution is -2.31. The molecule has 0 saturated heterocycles. The summed E-state index contributed by atoms with van der Waals surface area (Å²) in [4.78, 5) is 25.4. The number of esters is 2. The van der Waals surface area contributed by atoms with Gasteiger partial charge in [-0.3, -0.25) is 0 Å². The topological polar surface area (TPSA) is 52.6 Å². The van der Waals surface area contributed by atoms with Crippen molar-refractivity contribution in [3.8, 4) is 0 Å². The monoisotopic (exact) mass is 348 g/mol. The highest BCUT2D eigenvalue weighted by atomic mass is 16.6. The SMILES string of the molecule is CCCC(C)(C)OC(=O)c1cccc(C)c1C(=O)OC(C)(C)CCC. The van der Waals surface area contributed by atoms with E-state index >= 15 is 0 Å². The molecule has 0 radical (unpaired) electrons. The zero-order chi connectivity index (χ0) is 19.3. The minimum Gasteiger partial charge on any atom is -0.456 e. The molecule has 0 fully saturated rings. The van der Waals surface area contributed by atoms with Crippen LogP contribution in [0.4, 0.5) is 0 Å². The number of carbonyl (C=O) groups excluding carboxylic acids is 2. The van der Waals surface area contributed by atoms with Gasteiger partial charge in [-0.1, -0.05) is 38.8 Å². The molecule has 0 atom stereocenters. The van der Waals surface area contributed by atoms with Gasteiger partial charge in [0.15, 0.2) is 0 Å².